The fraction of sp³-hybridized carbons (Fsp3) is 0.667. The molecule has 1 aromatic rings. The van der Waals surface area contributed by atoms with Gasteiger partial charge in [0.2, 0.25) is 0 Å². The monoisotopic (exact) mass is 446 g/mol. The van der Waals surface area contributed by atoms with Crippen molar-refractivity contribution in [1.82, 2.24) is 15.6 Å². The lowest BCUT2D eigenvalue weighted by atomic mass is 10.4. The number of thiazole rings is 1. The molecular formula is C12H23IN4O2S2. The van der Waals surface area contributed by atoms with E-state index < -0.39 is 9.84 Å². The van der Waals surface area contributed by atoms with E-state index in [1.165, 1.54) is 11.1 Å². The quantitative estimate of drug-likeness (QED) is 0.374. The summed E-state index contributed by atoms with van der Waals surface area (Å²) in [5.41, 5.74) is 0. The summed E-state index contributed by atoms with van der Waals surface area (Å²) in [5, 5.41) is 7.35. The lowest BCUT2D eigenvalue weighted by Gasteiger charge is -2.10. The van der Waals surface area contributed by atoms with Crippen molar-refractivity contribution in [2.24, 2.45) is 4.99 Å². The van der Waals surface area contributed by atoms with E-state index in [1.807, 2.05) is 20.0 Å². The molecule has 0 aliphatic heterocycles. The molecule has 0 radical (unpaired) electrons. The summed E-state index contributed by atoms with van der Waals surface area (Å²) < 4.78 is 22.1. The van der Waals surface area contributed by atoms with Gasteiger partial charge in [-0.3, -0.25) is 4.99 Å². The SMILES string of the molecule is CCNC(=NCCS(C)(=O)=O)NCCc1ncc(C)s1.I. The highest BCUT2D eigenvalue weighted by atomic mass is 127. The van der Waals surface area contributed by atoms with Gasteiger partial charge in [0.05, 0.1) is 17.3 Å². The number of guanidine groups is 1. The summed E-state index contributed by atoms with van der Waals surface area (Å²) in [4.78, 5) is 9.73. The van der Waals surface area contributed by atoms with Gasteiger partial charge in [-0.15, -0.1) is 35.3 Å². The van der Waals surface area contributed by atoms with Gasteiger partial charge in [-0.1, -0.05) is 0 Å². The minimum absolute atomic E-state index is 0. The zero-order valence-corrected chi connectivity index (χ0v) is 16.5. The normalized spacial score (nSPS) is 11.9. The predicted molar refractivity (Wildman–Crippen MR) is 99.7 cm³/mol. The standard InChI is InChI=1S/C12H22N4O2S2.HI/c1-4-13-12(15-7-8-20(3,17)18)14-6-5-11-16-9-10(2)19-11;/h9H,4-8H2,1-3H3,(H2,13,14,15);1H. The Morgan fingerprint density at radius 3 is 2.67 bits per heavy atom. The molecule has 21 heavy (non-hydrogen) atoms. The Bertz CT molecular complexity index is 543. The van der Waals surface area contributed by atoms with E-state index in [2.05, 4.69) is 20.6 Å². The molecule has 6 nitrogen and oxygen atoms in total. The van der Waals surface area contributed by atoms with Crippen LogP contribution >= 0.6 is 35.3 Å². The third kappa shape index (κ3) is 10.0. The average Bonchev–Trinajstić information content (AvgIpc) is 2.73. The van der Waals surface area contributed by atoms with Crippen molar-refractivity contribution in [3.05, 3.63) is 16.1 Å². The van der Waals surface area contributed by atoms with Gasteiger partial charge in [-0.2, -0.15) is 0 Å². The summed E-state index contributed by atoms with van der Waals surface area (Å²) in [6, 6.07) is 0. The van der Waals surface area contributed by atoms with Gasteiger partial charge in [-0.25, -0.2) is 13.4 Å². The largest absolute Gasteiger partial charge is 0.357 e. The maximum absolute atomic E-state index is 11.1. The van der Waals surface area contributed by atoms with Gasteiger partial charge in [-0.05, 0) is 13.8 Å². The van der Waals surface area contributed by atoms with Gasteiger partial charge in [0.25, 0.3) is 0 Å². The van der Waals surface area contributed by atoms with Crippen LogP contribution in [0.5, 0.6) is 0 Å². The molecule has 1 rings (SSSR count). The molecule has 0 saturated carbocycles. The fourth-order valence-electron chi connectivity index (χ4n) is 1.47. The van der Waals surface area contributed by atoms with E-state index >= 15 is 0 Å². The number of aryl methyl sites for hydroxylation is 1. The minimum Gasteiger partial charge on any atom is -0.357 e. The molecule has 0 atom stereocenters. The van der Waals surface area contributed by atoms with Crippen LogP contribution in [0.2, 0.25) is 0 Å². The summed E-state index contributed by atoms with van der Waals surface area (Å²) in [7, 11) is -2.97. The van der Waals surface area contributed by atoms with Crippen LogP contribution in [0.4, 0.5) is 0 Å². The van der Waals surface area contributed by atoms with Crippen molar-refractivity contribution < 1.29 is 8.42 Å². The molecular weight excluding hydrogens is 423 g/mol. The highest BCUT2D eigenvalue weighted by Crippen LogP contribution is 2.10. The minimum atomic E-state index is -2.97. The Hall–Kier alpha value is -0.420. The molecule has 0 aliphatic carbocycles. The summed E-state index contributed by atoms with van der Waals surface area (Å²) >= 11 is 1.68. The number of nitrogens with one attached hydrogen (secondary N) is 2. The van der Waals surface area contributed by atoms with Crippen LogP contribution in [-0.2, 0) is 16.3 Å². The molecule has 0 unspecified atom stereocenters. The molecule has 9 heteroatoms. The van der Waals surface area contributed by atoms with Crippen molar-refractivity contribution in [2.45, 2.75) is 20.3 Å². The predicted octanol–water partition coefficient (Wildman–Crippen LogP) is 1.21. The zero-order chi connectivity index (χ0) is 15.0. The van der Waals surface area contributed by atoms with Crippen LogP contribution in [0.3, 0.4) is 0 Å². The van der Waals surface area contributed by atoms with E-state index in [1.54, 1.807) is 11.3 Å². The summed E-state index contributed by atoms with van der Waals surface area (Å²) in [6.07, 6.45) is 3.91. The Labute approximate surface area is 147 Å². The van der Waals surface area contributed by atoms with Crippen molar-refractivity contribution >= 4 is 51.1 Å². The molecule has 0 bridgehead atoms. The first-order valence-corrected chi connectivity index (χ1v) is 9.39. The number of nitrogens with zero attached hydrogens (tertiary/aromatic N) is 2. The first-order valence-electron chi connectivity index (χ1n) is 6.52. The summed E-state index contributed by atoms with van der Waals surface area (Å²) in [5.74, 6) is 0.708. The first-order chi connectivity index (χ1) is 9.40. The lowest BCUT2D eigenvalue weighted by Crippen LogP contribution is -2.38. The Morgan fingerprint density at radius 2 is 2.14 bits per heavy atom. The van der Waals surface area contributed by atoms with Gasteiger partial charge in [0.1, 0.15) is 9.84 Å². The maximum atomic E-state index is 11.1. The maximum Gasteiger partial charge on any atom is 0.191 e. The van der Waals surface area contributed by atoms with Gasteiger partial charge < -0.3 is 10.6 Å². The van der Waals surface area contributed by atoms with Crippen LogP contribution in [0, 0.1) is 6.92 Å². The van der Waals surface area contributed by atoms with E-state index in [0.717, 1.165) is 24.5 Å². The third-order valence-electron chi connectivity index (χ3n) is 2.38. The molecule has 0 aromatic carbocycles. The molecule has 0 aliphatic rings. The number of hydrogen-bond acceptors (Lipinski definition) is 5. The number of halogens is 1. The van der Waals surface area contributed by atoms with Crippen LogP contribution < -0.4 is 10.6 Å². The van der Waals surface area contributed by atoms with E-state index in [0.29, 0.717) is 5.96 Å². The molecule has 1 aromatic heterocycles. The van der Waals surface area contributed by atoms with Crippen LogP contribution in [-0.4, -0.2) is 51.0 Å². The van der Waals surface area contributed by atoms with E-state index in [9.17, 15) is 8.42 Å². The van der Waals surface area contributed by atoms with E-state index in [-0.39, 0.29) is 36.3 Å². The average molecular weight is 446 g/mol. The molecule has 122 valence electrons. The van der Waals surface area contributed by atoms with Gasteiger partial charge in [0.15, 0.2) is 5.96 Å². The number of hydrogen-bond donors (Lipinski definition) is 2. The number of rotatable bonds is 7. The topological polar surface area (TPSA) is 83.5 Å². The highest BCUT2D eigenvalue weighted by molar-refractivity contribution is 14.0. The molecule has 2 N–H and O–H groups in total. The second-order valence-corrected chi connectivity index (χ2v) is 8.01. The second-order valence-electron chi connectivity index (χ2n) is 4.43. The number of aliphatic imine (C=N–C) groups is 1. The van der Waals surface area contributed by atoms with Crippen molar-refractivity contribution in [3.63, 3.8) is 0 Å². The smallest absolute Gasteiger partial charge is 0.191 e. The molecule has 0 amide bonds. The summed E-state index contributed by atoms with van der Waals surface area (Å²) in [6.45, 7) is 5.73. The third-order valence-corrected chi connectivity index (χ3v) is 4.27. The Kier molecular flexibility index (Phi) is 10.1. The Balaban J connectivity index is 0.00000400. The van der Waals surface area contributed by atoms with Crippen molar-refractivity contribution in [3.8, 4) is 0 Å². The van der Waals surface area contributed by atoms with Gasteiger partial charge in [0, 0.05) is 36.8 Å². The first kappa shape index (κ1) is 20.6. The molecule has 0 saturated heterocycles. The second kappa shape index (κ2) is 10.3. The number of sulfone groups is 1. The van der Waals surface area contributed by atoms with Crippen LogP contribution in [0.25, 0.3) is 0 Å². The molecule has 0 spiro atoms. The lowest BCUT2D eigenvalue weighted by molar-refractivity contribution is 0.601. The van der Waals surface area contributed by atoms with Gasteiger partial charge >= 0.3 is 0 Å². The van der Waals surface area contributed by atoms with Crippen molar-refractivity contribution in [1.29, 1.82) is 0 Å². The van der Waals surface area contributed by atoms with Crippen molar-refractivity contribution in [2.75, 3.05) is 31.6 Å². The highest BCUT2D eigenvalue weighted by Gasteiger charge is 2.03. The zero-order valence-electron chi connectivity index (χ0n) is 12.5. The fourth-order valence-corrected chi connectivity index (χ4v) is 2.68. The Morgan fingerprint density at radius 1 is 1.43 bits per heavy atom. The van der Waals surface area contributed by atoms with Crippen LogP contribution in [0.1, 0.15) is 16.8 Å². The molecule has 0 fully saturated rings. The number of aromatic nitrogens is 1. The van der Waals surface area contributed by atoms with E-state index in [4.69, 9.17) is 0 Å². The van der Waals surface area contributed by atoms with Crippen LogP contribution in [0.15, 0.2) is 11.2 Å². The molecule has 1 heterocycles.